The smallest absolute Gasteiger partial charge is 0.131 e. The lowest BCUT2D eigenvalue weighted by molar-refractivity contribution is -0.828. The Labute approximate surface area is 69.6 Å². The fraction of sp³-hybridized carbons (Fsp3) is 0.600. The van der Waals surface area contributed by atoms with Crippen LogP contribution in [0.2, 0.25) is 0 Å². The SMILES string of the molecule is CC1=C(C)C([N+](C)(C)C)=CC1. The van der Waals surface area contributed by atoms with Gasteiger partial charge in [-0.3, -0.25) is 4.48 Å². The third-order valence-electron chi connectivity index (χ3n) is 2.35. The normalized spacial score (nSPS) is 19.2. The van der Waals surface area contributed by atoms with E-state index in [0.717, 1.165) is 10.9 Å². The highest BCUT2D eigenvalue weighted by molar-refractivity contribution is 5.36. The molecule has 0 fully saturated rings. The van der Waals surface area contributed by atoms with Gasteiger partial charge < -0.3 is 0 Å². The van der Waals surface area contributed by atoms with Crippen molar-refractivity contribution in [1.29, 1.82) is 0 Å². The molecule has 0 saturated heterocycles. The summed E-state index contributed by atoms with van der Waals surface area (Å²) in [7, 11) is 6.65. The summed E-state index contributed by atoms with van der Waals surface area (Å²) in [6.07, 6.45) is 3.49. The van der Waals surface area contributed by atoms with E-state index in [-0.39, 0.29) is 0 Å². The Morgan fingerprint density at radius 3 is 1.91 bits per heavy atom. The van der Waals surface area contributed by atoms with Gasteiger partial charge in [0, 0.05) is 5.57 Å². The Hall–Kier alpha value is -0.560. The molecule has 0 spiro atoms. The largest absolute Gasteiger partial charge is 0.298 e. The van der Waals surface area contributed by atoms with Crippen molar-refractivity contribution in [3.8, 4) is 0 Å². The van der Waals surface area contributed by atoms with Crippen LogP contribution < -0.4 is 0 Å². The summed E-state index contributed by atoms with van der Waals surface area (Å²) in [4.78, 5) is 0. The summed E-state index contributed by atoms with van der Waals surface area (Å²) >= 11 is 0. The molecule has 0 N–H and O–H groups in total. The van der Waals surface area contributed by atoms with Gasteiger partial charge in [0.05, 0.1) is 21.1 Å². The van der Waals surface area contributed by atoms with Gasteiger partial charge in [0.2, 0.25) is 0 Å². The molecule has 0 aromatic heterocycles. The van der Waals surface area contributed by atoms with E-state index in [1.165, 1.54) is 16.8 Å². The zero-order valence-corrected chi connectivity index (χ0v) is 8.23. The molecular formula is C10H18N+. The van der Waals surface area contributed by atoms with Crippen LogP contribution in [0, 0.1) is 0 Å². The monoisotopic (exact) mass is 152 g/mol. The molecule has 0 heterocycles. The van der Waals surface area contributed by atoms with Crippen LogP contribution in [0.5, 0.6) is 0 Å². The molecule has 0 amide bonds. The molecule has 0 radical (unpaired) electrons. The van der Waals surface area contributed by atoms with E-state index in [1.807, 2.05) is 0 Å². The molecule has 0 aromatic rings. The maximum absolute atomic E-state index is 2.34. The van der Waals surface area contributed by atoms with Gasteiger partial charge in [-0.2, -0.15) is 0 Å². The van der Waals surface area contributed by atoms with Crippen LogP contribution in [-0.4, -0.2) is 25.6 Å². The van der Waals surface area contributed by atoms with Gasteiger partial charge in [0.25, 0.3) is 0 Å². The van der Waals surface area contributed by atoms with Gasteiger partial charge in [0.1, 0.15) is 5.70 Å². The van der Waals surface area contributed by atoms with Crippen LogP contribution in [0.25, 0.3) is 0 Å². The van der Waals surface area contributed by atoms with Gasteiger partial charge in [-0.05, 0) is 26.3 Å². The number of quaternary nitrogens is 1. The molecule has 0 saturated carbocycles. The number of hydrogen-bond acceptors (Lipinski definition) is 0. The molecule has 1 nitrogen and oxygen atoms in total. The summed E-state index contributed by atoms with van der Waals surface area (Å²) < 4.78 is 0.948. The molecule has 1 heteroatoms. The van der Waals surface area contributed by atoms with Crippen molar-refractivity contribution >= 4 is 0 Å². The second-order valence-corrected chi connectivity index (χ2v) is 4.21. The van der Waals surface area contributed by atoms with Gasteiger partial charge >= 0.3 is 0 Å². The molecule has 0 aromatic carbocycles. The van der Waals surface area contributed by atoms with Crippen LogP contribution in [0.3, 0.4) is 0 Å². The number of likely N-dealkylation sites (N-methyl/N-ethyl adjacent to an activating group) is 1. The Balaban J connectivity index is 2.94. The fourth-order valence-electron chi connectivity index (χ4n) is 1.55. The predicted molar refractivity (Wildman–Crippen MR) is 49.1 cm³/mol. The quantitative estimate of drug-likeness (QED) is 0.506. The highest BCUT2D eigenvalue weighted by Gasteiger charge is 2.22. The maximum Gasteiger partial charge on any atom is 0.131 e. The van der Waals surface area contributed by atoms with E-state index >= 15 is 0 Å². The number of rotatable bonds is 1. The second kappa shape index (κ2) is 2.49. The minimum atomic E-state index is 0.948. The molecule has 0 unspecified atom stereocenters. The minimum Gasteiger partial charge on any atom is -0.298 e. The molecule has 0 atom stereocenters. The average molecular weight is 152 g/mol. The Morgan fingerprint density at radius 2 is 1.73 bits per heavy atom. The van der Waals surface area contributed by atoms with E-state index in [2.05, 4.69) is 41.1 Å². The van der Waals surface area contributed by atoms with Gasteiger partial charge in [-0.15, -0.1) is 0 Å². The van der Waals surface area contributed by atoms with Crippen molar-refractivity contribution in [3.05, 3.63) is 22.9 Å². The molecule has 0 aliphatic heterocycles. The Kier molecular flexibility index (Phi) is 1.93. The van der Waals surface area contributed by atoms with Gasteiger partial charge in [0.15, 0.2) is 0 Å². The molecular weight excluding hydrogens is 134 g/mol. The van der Waals surface area contributed by atoms with Crippen LogP contribution in [-0.2, 0) is 0 Å². The topological polar surface area (TPSA) is 0 Å². The fourth-order valence-corrected chi connectivity index (χ4v) is 1.55. The van der Waals surface area contributed by atoms with Crippen molar-refractivity contribution in [2.45, 2.75) is 20.3 Å². The van der Waals surface area contributed by atoms with E-state index in [4.69, 9.17) is 0 Å². The van der Waals surface area contributed by atoms with Crippen molar-refractivity contribution < 1.29 is 4.48 Å². The van der Waals surface area contributed by atoms with Crippen molar-refractivity contribution in [3.63, 3.8) is 0 Å². The summed E-state index contributed by atoms with van der Waals surface area (Å²) in [5.41, 5.74) is 4.48. The molecule has 11 heavy (non-hydrogen) atoms. The Bertz CT molecular complexity index is 226. The lowest BCUT2D eigenvalue weighted by Crippen LogP contribution is -2.33. The predicted octanol–water partition coefficient (Wildman–Crippen LogP) is 2.32. The van der Waals surface area contributed by atoms with Crippen molar-refractivity contribution in [2.24, 2.45) is 0 Å². The highest BCUT2D eigenvalue weighted by Crippen LogP contribution is 2.29. The van der Waals surface area contributed by atoms with Crippen LogP contribution in [0.15, 0.2) is 22.9 Å². The van der Waals surface area contributed by atoms with Crippen LogP contribution >= 0.6 is 0 Å². The van der Waals surface area contributed by atoms with Crippen molar-refractivity contribution in [1.82, 2.24) is 0 Å². The van der Waals surface area contributed by atoms with Crippen LogP contribution in [0.1, 0.15) is 20.3 Å². The minimum absolute atomic E-state index is 0.948. The van der Waals surface area contributed by atoms with Gasteiger partial charge in [-0.25, -0.2) is 0 Å². The first-order valence-corrected chi connectivity index (χ1v) is 4.12. The first-order chi connectivity index (χ1) is 4.93. The zero-order valence-electron chi connectivity index (χ0n) is 8.23. The third-order valence-corrected chi connectivity index (χ3v) is 2.35. The lowest BCUT2D eigenvalue weighted by atomic mass is 10.1. The standard InChI is InChI=1S/C10H18N/c1-8-6-7-10(9(8)2)11(3,4)5/h7H,6H2,1-5H3/q+1. The maximum atomic E-state index is 2.34. The van der Waals surface area contributed by atoms with Crippen LogP contribution in [0.4, 0.5) is 0 Å². The molecule has 0 bridgehead atoms. The number of hydrogen-bond donors (Lipinski definition) is 0. The number of allylic oxidation sites excluding steroid dienone is 3. The van der Waals surface area contributed by atoms with Gasteiger partial charge in [-0.1, -0.05) is 5.57 Å². The average Bonchev–Trinajstić information content (AvgIpc) is 2.11. The summed E-state index contributed by atoms with van der Waals surface area (Å²) in [5.74, 6) is 0. The lowest BCUT2D eigenvalue weighted by Gasteiger charge is -2.25. The zero-order chi connectivity index (χ0) is 8.65. The first-order valence-electron chi connectivity index (χ1n) is 4.12. The van der Waals surface area contributed by atoms with E-state index < -0.39 is 0 Å². The second-order valence-electron chi connectivity index (χ2n) is 4.21. The summed E-state index contributed by atoms with van der Waals surface area (Å²) in [6, 6.07) is 0. The first kappa shape index (κ1) is 8.54. The molecule has 62 valence electrons. The third kappa shape index (κ3) is 1.54. The van der Waals surface area contributed by atoms with E-state index in [0.29, 0.717) is 0 Å². The summed E-state index contributed by atoms with van der Waals surface area (Å²) in [5, 5.41) is 0. The number of nitrogens with zero attached hydrogens (tertiary/aromatic N) is 1. The summed E-state index contributed by atoms with van der Waals surface area (Å²) in [6.45, 7) is 4.44. The van der Waals surface area contributed by atoms with E-state index in [1.54, 1.807) is 0 Å². The highest BCUT2D eigenvalue weighted by atomic mass is 15.3. The van der Waals surface area contributed by atoms with Crippen molar-refractivity contribution in [2.75, 3.05) is 21.1 Å². The molecule has 1 rings (SSSR count). The van der Waals surface area contributed by atoms with E-state index in [9.17, 15) is 0 Å². The Morgan fingerprint density at radius 1 is 1.18 bits per heavy atom. The molecule has 1 aliphatic carbocycles. The molecule has 1 aliphatic rings.